The first-order valence-electron chi connectivity index (χ1n) is 7.70. The maximum atomic E-state index is 11.8. The van der Waals surface area contributed by atoms with Crippen LogP contribution in [0.2, 0.25) is 0 Å². The van der Waals surface area contributed by atoms with Crippen LogP contribution in [0.3, 0.4) is 0 Å². The average Bonchev–Trinajstić information content (AvgIpc) is 2.75. The fourth-order valence-electron chi connectivity index (χ4n) is 3.15. The highest BCUT2D eigenvalue weighted by molar-refractivity contribution is 5.81. The number of nitrogens with one attached hydrogen (secondary N) is 1. The second-order valence-electron chi connectivity index (χ2n) is 5.79. The lowest BCUT2D eigenvalue weighted by atomic mass is 10.1. The topological polar surface area (TPSA) is 43.9 Å². The Balaban J connectivity index is 1.97. The zero-order valence-corrected chi connectivity index (χ0v) is 12.5. The first kappa shape index (κ1) is 14.1. The van der Waals surface area contributed by atoms with Crippen LogP contribution in [0.5, 0.6) is 5.75 Å². The Bertz CT molecular complexity index is 669. The fraction of sp³-hybridized carbons (Fsp3) is 0.471. The molecule has 0 radical (unpaired) electrons. The van der Waals surface area contributed by atoms with E-state index in [0.29, 0.717) is 5.58 Å². The molecule has 1 aliphatic rings. The molecule has 1 aromatic carbocycles. The van der Waals surface area contributed by atoms with Crippen LogP contribution >= 0.6 is 0 Å². The third-order valence-corrected chi connectivity index (χ3v) is 4.29. The van der Waals surface area contributed by atoms with E-state index in [1.807, 2.05) is 18.2 Å². The molecule has 1 aliphatic heterocycles. The molecule has 21 heavy (non-hydrogen) atoms. The Labute approximate surface area is 124 Å². The predicted molar refractivity (Wildman–Crippen MR) is 81.9 cm³/mol. The Kier molecular flexibility index (Phi) is 4.25. The lowest BCUT2D eigenvalue weighted by molar-refractivity contribution is -0.913. The number of hydrogen-bond donors (Lipinski definition) is 1. The predicted octanol–water partition coefficient (Wildman–Crippen LogP) is 1.76. The lowest BCUT2D eigenvalue weighted by Gasteiger charge is -2.17. The van der Waals surface area contributed by atoms with Gasteiger partial charge in [-0.25, -0.2) is 4.79 Å². The number of quaternary nitrogens is 1. The number of ether oxygens (including phenoxy) is 1. The molecule has 0 amide bonds. The molecule has 0 atom stereocenters. The van der Waals surface area contributed by atoms with Crippen molar-refractivity contribution in [2.45, 2.75) is 32.2 Å². The largest absolute Gasteiger partial charge is 0.497 e. The Hall–Kier alpha value is -1.81. The zero-order chi connectivity index (χ0) is 14.7. The summed E-state index contributed by atoms with van der Waals surface area (Å²) in [6.07, 6.45) is 5.21. The highest BCUT2D eigenvalue weighted by Gasteiger charge is 2.16. The number of fused-ring (bicyclic) bond motifs is 1. The summed E-state index contributed by atoms with van der Waals surface area (Å²) in [7, 11) is 1.65. The van der Waals surface area contributed by atoms with Crippen LogP contribution in [-0.2, 0) is 6.54 Å². The van der Waals surface area contributed by atoms with Gasteiger partial charge in [0.1, 0.15) is 17.9 Å². The first-order valence-corrected chi connectivity index (χ1v) is 7.70. The first-order chi connectivity index (χ1) is 10.3. The monoisotopic (exact) mass is 288 g/mol. The van der Waals surface area contributed by atoms with Crippen LogP contribution in [0, 0.1) is 0 Å². The molecular weight excluding hydrogens is 266 g/mol. The van der Waals surface area contributed by atoms with E-state index in [-0.39, 0.29) is 5.63 Å². The summed E-state index contributed by atoms with van der Waals surface area (Å²) in [5, 5.41) is 0.991. The Morgan fingerprint density at radius 1 is 1.14 bits per heavy atom. The molecule has 4 heteroatoms. The second kappa shape index (κ2) is 6.31. The van der Waals surface area contributed by atoms with E-state index in [0.717, 1.165) is 23.2 Å². The van der Waals surface area contributed by atoms with E-state index < -0.39 is 0 Å². The van der Waals surface area contributed by atoms with Crippen molar-refractivity contribution in [1.82, 2.24) is 0 Å². The summed E-state index contributed by atoms with van der Waals surface area (Å²) >= 11 is 0. The smallest absolute Gasteiger partial charge is 0.336 e. The van der Waals surface area contributed by atoms with E-state index in [9.17, 15) is 4.79 Å². The van der Waals surface area contributed by atoms with Gasteiger partial charge in [-0.05, 0) is 43.9 Å². The van der Waals surface area contributed by atoms with Crippen LogP contribution in [-0.4, -0.2) is 20.2 Å². The molecule has 1 fully saturated rings. The van der Waals surface area contributed by atoms with Crippen molar-refractivity contribution in [3.8, 4) is 5.75 Å². The minimum atomic E-state index is -0.267. The average molecular weight is 288 g/mol. The van der Waals surface area contributed by atoms with Crippen molar-refractivity contribution in [2.75, 3.05) is 20.2 Å². The van der Waals surface area contributed by atoms with Crippen LogP contribution in [0.15, 0.2) is 33.5 Å². The number of methoxy groups -OCH3 is 1. The summed E-state index contributed by atoms with van der Waals surface area (Å²) < 4.78 is 10.6. The van der Waals surface area contributed by atoms with E-state index in [1.165, 1.54) is 38.8 Å². The molecule has 0 aliphatic carbocycles. The number of rotatable bonds is 3. The van der Waals surface area contributed by atoms with Gasteiger partial charge in [-0.15, -0.1) is 0 Å². The van der Waals surface area contributed by atoms with E-state index in [1.54, 1.807) is 18.1 Å². The van der Waals surface area contributed by atoms with Crippen LogP contribution < -0.4 is 15.3 Å². The van der Waals surface area contributed by atoms with E-state index >= 15 is 0 Å². The molecule has 0 saturated carbocycles. The SMILES string of the molecule is COc1ccc2oc(=O)cc(C[NH+]3CCCCCC3)c2c1. The molecule has 0 bridgehead atoms. The molecule has 3 rings (SSSR count). The van der Waals surface area contributed by atoms with Crippen molar-refractivity contribution >= 4 is 11.0 Å². The van der Waals surface area contributed by atoms with Gasteiger partial charge >= 0.3 is 5.63 Å². The van der Waals surface area contributed by atoms with Crippen LogP contribution in [0.4, 0.5) is 0 Å². The van der Waals surface area contributed by atoms with Gasteiger partial charge in [0.2, 0.25) is 0 Å². The van der Waals surface area contributed by atoms with Crippen molar-refractivity contribution < 1.29 is 14.1 Å². The maximum Gasteiger partial charge on any atom is 0.336 e. The molecule has 0 unspecified atom stereocenters. The highest BCUT2D eigenvalue weighted by atomic mass is 16.5. The van der Waals surface area contributed by atoms with Gasteiger partial charge < -0.3 is 14.1 Å². The zero-order valence-electron chi connectivity index (χ0n) is 12.5. The quantitative estimate of drug-likeness (QED) is 0.875. The minimum absolute atomic E-state index is 0.267. The molecule has 1 aromatic heterocycles. The standard InChI is InChI=1S/C17H21NO3/c1-20-14-6-7-16-15(11-14)13(10-17(19)21-16)12-18-8-4-2-3-5-9-18/h6-7,10-11H,2-5,8-9,12H2,1H3/p+1. The molecule has 2 aromatic rings. The number of likely N-dealkylation sites (tertiary alicyclic amines) is 1. The number of hydrogen-bond acceptors (Lipinski definition) is 3. The van der Waals surface area contributed by atoms with Crippen molar-refractivity contribution in [3.63, 3.8) is 0 Å². The van der Waals surface area contributed by atoms with Gasteiger partial charge in [0, 0.05) is 17.0 Å². The Morgan fingerprint density at radius 2 is 1.90 bits per heavy atom. The summed E-state index contributed by atoms with van der Waals surface area (Å²) in [6.45, 7) is 3.26. The van der Waals surface area contributed by atoms with Gasteiger partial charge in [0.05, 0.1) is 20.2 Å². The van der Waals surface area contributed by atoms with Gasteiger partial charge in [0.25, 0.3) is 0 Å². The summed E-state index contributed by atoms with van der Waals surface area (Å²) in [4.78, 5) is 13.3. The van der Waals surface area contributed by atoms with Gasteiger partial charge in [-0.1, -0.05) is 0 Å². The van der Waals surface area contributed by atoms with Gasteiger partial charge in [-0.2, -0.15) is 0 Å². The van der Waals surface area contributed by atoms with Gasteiger partial charge in [-0.3, -0.25) is 0 Å². The molecular formula is C17H22NO3+. The summed E-state index contributed by atoms with van der Waals surface area (Å²) in [5.74, 6) is 0.795. The normalized spacial score (nSPS) is 16.8. The summed E-state index contributed by atoms with van der Waals surface area (Å²) in [6, 6.07) is 7.25. The maximum absolute atomic E-state index is 11.8. The highest BCUT2D eigenvalue weighted by Crippen LogP contribution is 2.22. The third kappa shape index (κ3) is 3.27. The molecule has 2 heterocycles. The van der Waals surface area contributed by atoms with Crippen molar-refractivity contribution in [3.05, 3.63) is 40.2 Å². The molecule has 4 nitrogen and oxygen atoms in total. The molecule has 112 valence electrons. The molecule has 1 N–H and O–H groups in total. The van der Waals surface area contributed by atoms with Crippen molar-refractivity contribution in [1.29, 1.82) is 0 Å². The third-order valence-electron chi connectivity index (χ3n) is 4.29. The van der Waals surface area contributed by atoms with Gasteiger partial charge in [0.15, 0.2) is 0 Å². The second-order valence-corrected chi connectivity index (χ2v) is 5.79. The fourth-order valence-corrected chi connectivity index (χ4v) is 3.15. The lowest BCUT2D eigenvalue weighted by Crippen LogP contribution is -3.10. The summed E-state index contributed by atoms with van der Waals surface area (Å²) in [5.41, 5.74) is 1.45. The van der Waals surface area contributed by atoms with Crippen LogP contribution in [0.1, 0.15) is 31.2 Å². The van der Waals surface area contributed by atoms with E-state index in [2.05, 4.69) is 0 Å². The minimum Gasteiger partial charge on any atom is -0.497 e. The molecule has 0 spiro atoms. The molecule has 1 saturated heterocycles. The van der Waals surface area contributed by atoms with Crippen LogP contribution in [0.25, 0.3) is 11.0 Å². The van der Waals surface area contributed by atoms with E-state index in [4.69, 9.17) is 9.15 Å². The van der Waals surface area contributed by atoms with Crippen molar-refractivity contribution in [2.24, 2.45) is 0 Å². The number of benzene rings is 1. The Morgan fingerprint density at radius 3 is 2.62 bits per heavy atom.